The fourth-order valence-electron chi connectivity index (χ4n) is 2.11. The molecule has 1 aliphatic heterocycles. The molecule has 0 saturated carbocycles. The summed E-state index contributed by atoms with van der Waals surface area (Å²) in [6.07, 6.45) is 14.3. The van der Waals surface area contributed by atoms with Gasteiger partial charge in [0.2, 0.25) is 0 Å². The van der Waals surface area contributed by atoms with Crippen molar-refractivity contribution in [1.82, 2.24) is 0 Å². The Morgan fingerprint density at radius 3 is 2.16 bits per heavy atom. The lowest BCUT2D eigenvalue weighted by atomic mass is 10.1. The molecule has 0 saturated heterocycles. The van der Waals surface area contributed by atoms with Gasteiger partial charge in [0.05, 0.1) is 6.54 Å². The lowest BCUT2D eigenvalue weighted by Crippen LogP contribution is -1.83. The predicted octanol–water partition coefficient (Wildman–Crippen LogP) is 6.39. The Balaban J connectivity index is 1.69. The number of thioether (sulfide) groups is 1. The van der Waals surface area contributed by atoms with Gasteiger partial charge in [0, 0.05) is 11.5 Å². The van der Waals surface area contributed by atoms with Crippen LogP contribution >= 0.6 is 33.3 Å². The number of unbranched alkanes of at least 4 members (excludes halogenated alkanes) is 9. The van der Waals surface area contributed by atoms with Crippen LogP contribution < -0.4 is 0 Å². The fourth-order valence-corrected chi connectivity index (χ4v) is 5.67. The first-order valence-electron chi connectivity index (χ1n) is 7.90. The molecule has 0 bridgehead atoms. The second-order valence-corrected chi connectivity index (χ2v) is 8.83. The minimum Gasteiger partial charge on any atom is -0.270 e. The van der Waals surface area contributed by atoms with Crippen molar-refractivity contribution in [3.63, 3.8) is 0 Å². The van der Waals surface area contributed by atoms with Crippen LogP contribution in [-0.2, 0) is 0 Å². The van der Waals surface area contributed by atoms with Gasteiger partial charge in [0.1, 0.15) is 4.38 Å². The molecule has 0 fully saturated rings. The second kappa shape index (κ2) is 13.7. The van der Waals surface area contributed by atoms with Crippen molar-refractivity contribution in [1.29, 1.82) is 0 Å². The third-order valence-electron chi connectivity index (χ3n) is 3.27. The van der Waals surface area contributed by atoms with Gasteiger partial charge >= 0.3 is 0 Å². The fraction of sp³-hybridized carbons (Fsp3) is 0.933. The predicted molar refractivity (Wildman–Crippen MR) is 96.7 cm³/mol. The van der Waals surface area contributed by atoms with E-state index >= 15 is 0 Å². The highest BCUT2D eigenvalue weighted by Gasteiger charge is 2.07. The van der Waals surface area contributed by atoms with Crippen molar-refractivity contribution < 1.29 is 0 Å². The first kappa shape index (κ1) is 17.8. The molecule has 4 heteroatoms. The number of nitrogens with zero attached hydrogens (tertiary/aromatic N) is 1. The minimum atomic E-state index is 1.03. The number of hydrogen-bond acceptors (Lipinski definition) is 4. The molecule has 1 nitrogen and oxygen atoms in total. The van der Waals surface area contributed by atoms with E-state index in [0.717, 1.165) is 6.54 Å². The van der Waals surface area contributed by atoms with Crippen LogP contribution in [0.15, 0.2) is 4.99 Å². The summed E-state index contributed by atoms with van der Waals surface area (Å²) in [6.45, 7) is 3.32. The molecule has 0 spiro atoms. The summed E-state index contributed by atoms with van der Waals surface area (Å²) in [5, 5.41) is 0. The molecular formula is C15H29NS3. The molecule has 1 aliphatic rings. The van der Waals surface area contributed by atoms with E-state index in [4.69, 9.17) is 0 Å². The van der Waals surface area contributed by atoms with Crippen LogP contribution in [0.2, 0.25) is 0 Å². The van der Waals surface area contributed by atoms with Gasteiger partial charge in [-0.25, -0.2) is 0 Å². The summed E-state index contributed by atoms with van der Waals surface area (Å²) in [5.74, 6) is 2.49. The number of aliphatic imine (C=N–C) groups is 1. The smallest absolute Gasteiger partial charge is 0.135 e. The quantitative estimate of drug-likeness (QED) is 0.305. The van der Waals surface area contributed by atoms with E-state index in [0.29, 0.717) is 0 Å². The SMILES string of the molecule is CCCCCCCCCCCCSSC1=NCCS1. The van der Waals surface area contributed by atoms with E-state index in [1.54, 1.807) is 0 Å². The van der Waals surface area contributed by atoms with Gasteiger partial charge in [-0.15, -0.1) is 0 Å². The van der Waals surface area contributed by atoms with Crippen LogP contribution in [0.25, 0.3) is 0 Å². The monoisotopic (exact) mass is 319 g/mol. The van der Waals surface area contributed by atoms with Crippen LogP contribution in [0.4, 0.5) is 0 Å². The maximum atomic E-state index is 4.45. The zero-order chi connectivity index (χ0) is 13.6. The highest BCUT2D eigenvalue weighted by molar-refractivity contribution is 8.86. The van der Waals surface area contributed by atoms with Crippen molar-refractivity contribution in [2.24, 2.45) is 4.99 Å². The first-order chi connectivity index (χ1) is 9.43. The van der Waals surface area contributed by atoms with Gasteiger partial charge in [-0.1, -0.05) is 87.3 Å². The lowest BCUT2D eigenvalue weighted by molar-refractivity contribution is 0.563. The highest BCUT2D eigenvalue weighted by Crippen LogP contribution is 2.32. The zero-order valence-electron chi connectivity index (χ0n) is 12.4. The molecule has 0 atom stereocenters. The molecule has 19 heavy (non-hydrogen) atoms. The van der Waals surface area contributed by atoms with Gasteiger partial charge < -0.3 is 0 Å². The Morgan fingerprint density at radius 1 is 0.947 bits per heavy atom. The topological polar surface area (TPSA) is 12.4 Å². The molecule has 0 unspecified atom stereocenters. The van der Waals surface area contributed by atoms with E-state index in [1.807, 2.05) is 33.3 Å². The van der Waals surface area contributed by atoms with Gasteiger partial charge in [-0.2, -0.15) is 0 Å². The molecular weight excluding hydrogens is 290 g/mol. The molecule has 0 aromatic carbocycles. The summed E-state index contributed by atoms with van der Waals surface area (Å²) in [7, 11) is 3.89. The molecule has 1 heterocycles. The third-order valence-corrected chi connectivity index (χ3v) is 7.12. The maximum Gasteiger partial charge on any atom is 0.135 e. The Morgan fingerprint density at radius 2 is 1.58 bits per heavy atom. The molecule has 0 amide bonds. The molecule has 0 radical (unpaired) electrons. The van der Waals surface area contributed by atoms with Crippen molar-refractivity contribution in [3.8, 4) is 0 Å². The van der Waals surface area contributed by atoms with Crippen LogP contribution in [-0.4, -0.2) is 22.4 Å². The van der Waals surface area contributed by atoms with Gasteiger partial charge in [-0.3, -0.25) is 4.99 Å². The molecule has 0 N–H and O–H groups in total. The minimum absolute atomic E-state index is 1.03. The van der Waals surface area contributed by atoms with E-state index in [9.17, 15) is 0 Å². The van der Waals surface area contributed by atoms with Crippen molar-refractivity contribution in [2.75, 3.05) is 18.1 Å². The van der Waals surface area contributed by atoms with Crippen molar-refractivity contribution >= 4 is 37.7 Å². The van der Waals surface area contributed by atoms with Gasteiger partial charge in [0.25, 0.3) is 0 Å². The average Bonchev–Trinajstić information content (AvgIpc) is 2.93. The molecule has 0 aromatic rings. The molecule has 0 aliphatic carbocycles. The summed E-state index contributed by atoms with van der Waals surface area (Å²) in [6, 6.07) is 0. The van der Waals surface area contributed by atoms with E-state index < -0.39 is 0 Å². The normalized spacial score (nSPS) is 14.9. The van der Waals surface area contributed by atoms with Crippen LogP contribution in [0, 0.1) is 0 Å². The number of hydrogen-bond donors (Lipinski definition) is 0. The average molecular weight is 320 g/mol. The second-order valence-electron chi connectivity index (χ2n) is 5.08. The Kier molecular flexibility index (Phi) is 12.8. The Hall–Kier alpha value is 0.720. The maximum absolute atomic E-state index is 4.45. The van der Waals surface area contributed by atoms with E-state index in [-0.39, 0.29) is 0 Å². The van der Waals surface area contributed by atoms with Gasteiger partial charge in [-0.05, 0) is 17.2 Å². The van der Waals surface area contributed by atoms with E-state index in [2.05, 4.69) is 11.9 Å². The molecule has 112 valence electrons. The largest absolute Gasteiger partial charge is 0.270 e. The number of rotatable bonds is 12. The zero-order valence-corrected chi connectivity index (χ0v) is 14.8. The third kappa shape index (κ3) is 11.1. The van der Waals surface area contributed by atoms with Gasteiger partial charge in [0.15, 0.2) is 0 Å². The Labute approximate surface area is 132 Å². The van der Waals surface area contributed by atoms with Crippen molar-refractivity contribution in [2.45, 2.75) is 71.1 Å². The van der Waals surface area contributed by atoms with E-state index in [1.165, 1.54) is 80.1 Å². The van der Waals surface area contributed by atoms with Crippen LogP contribution in [0.5, 0.6) is 0 Å². The lowest BCUT2D eigenvalue weighted by Gasteiger charge is -2.02. The molecule has 0 aromatic heterocycles. The van der Waals surface area contributed by atoms with Crippen LogP contribution in [0.1, 0.15) is 71.1 Å². The van der Waals surface area contributed by atoms with Crippen molar-refractivity contribution in [3.05, 3.63) is 0 Å². The van der Waals surface area contributed by atoms with Crippen LogP contribution in [0.3, 0.4) is 0 Å². The molecule has 1 rings (SSSR count). The standard InChI is InChI=1S/C15H29NS3/c1-2-3-4-5-6-7-8-9-10-11-13-18-19-15-16-12-14-17-15/h2-14H2,1H3. The summed E-state index contributed by atoms with van der Waals surface area (Å²) < 4.78 is 1.30. The Bertz CT molecular complexity index is 231. The highest BCUT2D eigenvalue weighted by atomic mass is 33.1. The summed E-state index contributed by atoms with van der Waals surface area (Å²) >= 11 is 1.92. The summed E-state index contributed by atoms with van der Waals surface area (Å²) in [5.41, 5.74) is 0. The summed E-state index contributed by atoms with van der Waals surface area (Å²) in [4.78, 5) is 4.45. The first-order valence-corrected chi connectivity index (χ1v) is 11.2.